The maximum absolute atomic E-state index is 15.1. The highest BCUT2D eigenvalue weighted by atomic mass is 32.1. The van der Waals surface area contributed by atoms with Gasteiger partial charge in [-0.1, -0.05) is 0 Å². The number of methoxy groups -OCH3 is 1. The van der Waals surface area contributed by atoms with Gasteiger partial charge in [-0.2, -0.15) is 0 Å². The molecule has 7 nitrogen and oxygen atoms in total. The fourth-order valence-electron chi connectivity index (χ4n) is 4.32. The number of thiazole rings is 1. The number of aryl methyl sites for hydroxylation is 1. The second kappa shape index (κ2) is 9.56. The standard InChI is InChI=1S/C25H30FN5O2S/c1-16-27-13-23(34-16)18-11-22(33-15-32-3)19(10-20(18)26)21-6-7-24(30-29-21)31-9-8-25(2,14-31)28-12-17-4-5-17/h6-7,10-11,13,17,28H,4-5,8-9,12,14-15H2,1-3H3. The van der Waals surface area contributed by atoms with Crippen molar-refractivity contribution in [3.05, 3.63) is 41.3 Å². The first-order valence-corrected chi connectivity index (χ1v) is 12.5. The van der Waals surface area contributed by atoms with E-state index in [2.05, 4.69) is 32.3 Å². The third-order valence-corrected chi connectivity index (χ3v) is 7.47. The lowest BCUT2D eigenvalue weighted by atomic mass is 10.0. The number of anilines is 1. The van der Waals surface area contributed by atoms with Crippen LogP contribution in [0.4, 0.5) is 10.2 Å². The van der Waals surface area contributed by atoms with Crippen molar-refractivity contribution in [2.24, 2.45) is 5.92 Å². The fourth-order valence-corrected chi connectivity index (χ4v) is 5.12. The maximum Gasteiger partial charge on any atom is 0.188 e. The van der Waals surface area contributed by atoms with Crippen LogP contribution < -0.4 is 15.0 Å². The minimum atomic E-state index is -0.355. The summed E-state index contributed by atoms with van der Waals surface area (Å²) in [5, 5.41) is 13.5. The molecular weight excluding hydrogens is 453 g/mol. The molecule has 1 atom stereocenters. The predicted octanol–water partition coefficient (Wildman–Crippen LogP) is 4.67. The highest BCUT2D eigenvalue weighted by Gasteiger charge is 2.35. The van der Waals surface area contributed by atoms with Gasteiger partial charge in [-0.3, -0.25) is 0 Å². The molecule has 1 aromatic carbocycles. The maximum atomic E-state index is 15.1. The highest BCUT2D eigenvalue weighted by molar-refractivity contribution is 7.15. The van der Waals surface area contributed by atoms with E-state index in [-0.39, 0.29) is 18.1 Å². The molecule has 1 aliphatic carbocycles. The summed E-state index contributed by atoms with van der Waals surface area (Å²) in [6.07, 6.45) is 5.44. The lowest BCUT2D eigenvalue weighted by molar-refractivity contribution is 0.0515. The van der Waals surface area contributed by atoms with Gasteiger partial charge in [0.2, 0.25) is 0 Å². The molecule has 3 aromatic rings. The molecule has 9 heteroatoms. The lowest BCUT2D eigenvalue weighted by Gasteiger charge is -2.26. The molecule has 180 valence electrons. The number of hydrogen-bond donors (Lipinski definition) is 1. The average molecular weight is 484 g/mol. The number of halogens is 1. The predicted molar refractivity (Wildman–Crippen MR) is 132 cm³/mol. The van der Waals surface area contributed by atoms with Crippen LogP contribution in [-0.2, 0) is 4.74 Å². The Morgan fingerprint density at radius 2 is 2.09 bits per heavy atom. The Balaban J connectivity index is 1.37. The summed E-state index contributed by atoms with van der Waals surface area (Å²) in [4.78, 5) is 7.25. The fraction of sp³-hybridized carbons (Fsp3) is 0.480. The number of nitrogens with zero attached hydrogens (tertiary/aromatic N) is 4. The van der Waals surface area contributed by atoms with Crippen LogP contribution in [0, 0.1) is 18.7 Å². The van der Waals surface area contributed by atoms with E-state index in [9.17, 15) is 0 Å². The van der Waals surface area contributed by atoms with Crippen LogP contribution in [0.1, 0.15) is 31.2 Å². The van der Waals surface area contributed by atoms with Gasteiger partial charge < -0.3 is 19.7 Å². The normalized spacial score (nSPS) is 20.2. The summed E-state index contributed by atoms with van der Waals surface area (Å²) in [5.74, 6) is 1.82. The van der Waals surface area contributed by atoms with Gasteiger partial charge >= 0.3 is 0 Å². The van der Waals surface area contributed by atoms with Gasteiger partial charge in [-0.15, -0.1) is 21.5 Å². The monoisotopic (exact) mass is 483 g/mol. The van der Waals surface area contributed by atoms with Gasteiger partial charge in [0.1, 0.15) is 11.6 Å². The average Bonchev–Trinajstić information content (AvgIpc) is 3.45. The van der Waals surface area contributed by atoms with Crippen molar-refractivity contribution in [2.75, 3.05) is 38.4 Å². The van der Waals surface area contributed by atoms with Crippen molar-refractivity contribution in [3.63, 3.8) is 0 Å². The second-order valence-electron chi connectivity index (χ2n) is 9.46. The molecule has 34 heavy (non-hydrogen) atoms. The molecule has 2 fully saturated rings. The Morgan fingerprint density at radius 3 is 2.76 bits per heavy atom. The molecule has 1 N–H and O–H groups in total. The third-order valence-electron chi connectivity index (χ3n) is 6.53. The number of rotatable bonds is 9. The molecule has 1 aliphatic heterocycles. The molecule has 1 unspecified atom stereocenters. The minimum Gasteiger partial charge on any atom is -0.467 e. The number of benzene rings is 1. The summed E-state index contributed by atoms with van der Waals surface area (Å²) >= 11 is 1.44. The van der Waals surface area contributed by atoms with E-state index in [1.54, 1.807) is 19.4 Å². The third kappa shape index (κ3) is 5.06. The molecule has 0 radical (unpaired) electrons. The van der Waals surface area contributed by atoms with E-state index in [0.29, 0.717) is 22.6 Å². The molecule has 1 saturated carbocycles. The van der Waals surface area contributed by atoms with Crippen LogP contribution in [0.15, 0.2) is 30.5 Å². The molecule has 3 heterocycles. The van der Waals surface area contributed by atoms with E-state index in [4.69, 9.17) is 9.47 Å². The van der Waals surface area contributed by atoms with Gasteiger partial charge in [0.15, 0.2) is 12.6 Å². The van der Waals surface area contributed by atoms with Crippen molar-refractivity contribution in [2.45, 2.75) is 38.6 Å². The Kier molecular flexibility index (Phi) is 6.50. The van der Waals surface area contributed by atoms with Crippen LogP contribution in [0.5, 0.6) is 5.75 Å². The first-order valence-electron chi connectivity index (χ1n) is 11.7. The number of nitrogens with one attached hydrogen (secondary N) is 1. The number of aromatic nitrogens is 3. The van der Waals surface area contributed by atoms with Gasteiger partial charge in [0, 0.05) is 43.1 Å². The zero-order chi connectivity index (χ0) is 23.7. The molecule has 0 spiro atoms. The zero-order valence-electron chi connectivity index (χ0n) is 19.8. The zero-order valence-corrected chi connectivity index (χ0v) is 20.6. The summed E-state index contributed by atoms with van der Waals surface area (Å²) in [6.45, 7) is 7.15. The van der Waals surface area contributed by atoms with Crippen molar-refractivity contribution in [1.82, 2.24) is 20.5 Å². The van der Waals surface area contributed by atoms with Crippen molar-refractivity contribution >= 4 is 17.2 Å². The van der Waals surface area contributed by atoms with E-state index in [1.165, 1.54) is 30.2 Å². The summed E-state index contributed by atoms with van der Waals surface area (Å²) < 4.78 is 26.0. The van der Waals surface area contributed by atoms with E-state index in [0.717, 1.165) is 47.7 Å². The molecule has 2 aromatic heterocycles. The number of ether oxygens (including phenoxy) is 2. The van der Waals surface area contributed by atoms with E-state index < -0.39 is 0 Å². The topological polar surface area (TPSA) is 72.4 Å². The van der Waals surface area contributed by atoms with Crippen molar-refractivity contribution < 1.29 is 13.9 Å². The first-order chi connectivity index (χ1) is 16.4. The van der Waals surface area contributed by atoms with E-state index >= 15 is 4.39 Å². The smallest absolute Gasteiger partial charge is 0.188 e. The van der Waals surface area contributed by atoms with Gasteiger partial charge in [0.05, 0.1) is 15.6 Å². The Labute approximate surface area is 203 Å². The largest absolute Gasteiger partial charge is 0.467 e. The van der Waals surface area contributed by atoms with Gasteiger partial charge in [0.25, 0.3) is 0 Å². The Morgan fingerprint density at radius 1 is 1.24 bits per heavy atom. The van der Waals surface area contributed by atoms with Crippen molar-refractivity contribution in [1.29, 1.82) is 0 Å². The second-order valence-corrected chi connectivity index (χ2v) is 10.7. The summed E-state index contributed by atoms with van der Waals surface area (Å²) in [7, 11) is 1.55. The van der Waals surface area contributed by atoms with Crippen LogP contribution in [-0.4, -0.2) is 54.3 Å². The lowest BCUT2D eigenvalue weighted by Crippen LogP contribution is -2.45. The summed E-state index contributed by atoms with van der Waals surface area (Å²) in [5.41, 5.74) is 1.63. The number of hydrogen-bond acceptors (Lipinski definition) is 8. The first kappa shape index (κ1) is 23.1. The molecule has 0 amide bonds. The molecule has 2 aliphatic rings. The van der Waals surface area contributed by atoms with Crippen molar-refractivity contribution in [3.8, 4) is 27.4 Å². The Hall–Kier alpha value is -2.62. The quantitative estimate of drug-likeness (QED) is 0.444. The van der Waals surface area contributed by atoms with Crippen LogP contribution in [0.2, 0.25) is 0 Å². The Bertz CT molecular complexity index is 1150. The van der Waals surface area contributed by atoms with Crippen LogP contribution >= 0.6 is 11.3 Å². The minimum absolute atomic E-state index is 0.0471. The van der Waals surface area contributed by atoms with Gasteiger partial charge in [-0.25, -0.2) is 9.37 Å². The summed E-state index contributed by atoms with van der Waals surface area (Å²) in [6, 6.07) is 6.96. The molecule has 5 rings (SSSR count). The molecule has 0 bridgehead atoms. The van der Waals surface area contributed by atoms with Gasteiger partial charge in [-0.05, 0) is 69.8 Å². The van der Waals surface area contributed by atoms with E-state index in [1.807, 2.05) is 19.1 Å². The van der Waals surface area contributed by atoms with Crippen LogP contribution in [0.3, 0.4) is 0 Å². The SMILES string of the molecule is COCOc1cc(-c2cnc(C)s2)c(F)cc1-c1ccc(N2CCC(C)(NCC3CC3)C2)nn1. The highest BCUT2D eigenvalue weighted by Crippen LogP contribution is 2.38. The molecule has 1 saturated heterocycles. The van der Waals surface area contributed by atoms with Crippen LogP contribution in [0.25, 0.3) is 21.7 Å². The molecular formula is C25H30FN5O2S.